The molecule has 2 aliphatic rings. The van der Waals surface area contributed by atoms with Crippen LogP contribution in [-0.2, 0) is 13.0 Å². The van der Waals surface area contributed by atoms with Crippen molar-refractivity contribution in [1.82, 2.24) is 9.97 Å². The maximum atomic E-state index is 5.94. The van der Waals surface area contributed by atoms with Crippen molar-refractivity contribution in [2.45, 2.75) is 32.8 Å². The second-order valence-electron chi connectivity index (χ2n) is 5.79. The minimum atomic E-state index is 0.538. The lowest BCUT2D eigenvalue weighted by molar-refractivity contribution is 0.302. The third-order valence-electron chi connectivity index (χ3n) is 4.29. The Hall–Kier alpha value is -2.10. The molecule has 0 atom stereocenters. The summed E-state index contributed by atoms with van der Waals surface area (Å²) in [5.74, 6) is 2.93. The van der Waals surface area contributed by atoms with Crippen molar-refractivity contribution in [2.75, 3.05) is 18.0 Å². The van der Waals surface area contributed by atoms with Crippen molar-refractivity contribution in [3.05, 3.63) is 46.9 Å². The van der Waals surface area contributed by atoms with E-state index in [0.717, 1.165) is 42.6 Å². The molecule has 1 aromatic carbocycles. The quantitative estimate of drug-likeness (QED) is 0.805. The second kappa shape index (κ2) is 5.02. The molecular weight excluding hydrogens is 262 g/mol. The average molecular weight is 281 g/mol. The highest BCUT2D eigenvalue weighted by Crippen LogP contribution is 2.33. The van der Waals surface area contributed by atoms with Gasteiger partial charge in [-0.3, -0.25) is 0 Å². The smallest absolute Gasteiger partial charge is 0.136 e. The van der Waals surface area contributed by atoms with E-state index in [1.54, 1.807) is 0 Å². The van der Waals surface area contributed by atoms with Gasteiger partial charge in [-0.05, 0) is 31.4 Å². The highest BCUT2D eigenvalue weighted by Gasteiger charge is 2.24. The number of ether oxygens (including phenoxy) is 1. The molecule has 0 radical (unpaired) electrons. The molecule has 0 bridgehead atoms. The first-order chi connectivity index (χ1) is 10.3. The van der Waals surface area contributed by atoms with E-state index in [1.165, 1.54) is 24.0 Å². The van der Waals surface area contributed by atoms with Crippen LogP contribution in [0.15, 0.2) is 24.3 Å². The lowest BCUT2D eigenvalue weighted by atomic mass is 10.0. The van der Waals surface area contributed by atoms with Gasteiger partial charge in [0, 0.05) is 25.1 Å². The highest BCUT2D eigenvalue weighted by molar-refractivity contribution is 5.54. The van der Waals surface area contributed by atoms with Crippen LogP contribution < -0.4 is 9.64 Å². The number of rotatable bonds is 1. The molecule has 4 rings (SSSR count). The van der Waals surface area contributed by atoms with E-state index in [1.807, 2.05) is 19.1 Å². The number of aromatic nitrogens is 2. The largest absolute Gasteiger partial charge is 0.487 e. The Morgan fingerprint density at radius 3 is 2.76 bits per heavy atom. The van der Waals surface area contributed by atoms with Gasteiger partial charge in [-0.15, -0.1) is 0 Å². The molecule has 1 fully saturated rings. The van der Waals surface area contributed by atoms with Crippen LogP contribution in [0.4, 0.5) is 5.82 Å². The standard InChI is InChI=1S/C17H19N3O/c1-12-18-15-11-21-16-7-3-2-6-13(16)10-14(15)17(19-12)20-8-4-5-9-20/h2-3,6-7H,4-5,8-11H2,1H3. The first kappa shape index (κ1) is 12.6. The molecule has 0 amide bonds. The molecule has 0 saturated carbocycles. The molecule has 1 saturated heterocycles. The third kappa shape index (κ3) is 2.24. The summed E-state index contributed by atoms with van der Waals surface area (Å²) < 4.78 is 5.94. The van der Waals surface area contributed by atoms with Crippen LogP contribution in [0.3, 0.4) is 0 Å². The Bertz CT molecular complexity index is 678. The number of aryl methyl sites for hydroxylation is 1. The zero-order valence-corrected chi connectivity index (χ0v) is 12.3. The molecule has 4 nitrogen and oxygen atoms in total. The van der Waals surface area contributed by atoms with Gasteiger partial charge < -0.3 is 9.64 Å². The average Bonchev–Trinajstić information content (AvgIpc) is 2.95. The summed E-state index contributed by atoms with van der Waals surface area (Å²) in [5.41, 5.74) is 3.51. The Kier molecular flexibility index (Phi) is 3.02. The normalized spacial score (nSPS) is 16.9. The topological polar surface area (TPSA) is 38.2 Å². The minimum Gasteiger partial charge on any atom is -0.487 e. The highest BCUT2D eigenvalue weighted by atomic mass is 16.5. The van der Waals surface area contributed by atoms with Gasteiger partial charge in [-0.2, -0.15) is 0 Å². The summed E-state index contributed by atoms with van der Waals surface area (Å²) in [7, 11) is 0. The predicted octanol–water partition coefficient (Wildman–Crippen LogP) is 2.87. The molecule has 2 aromatic rings. The lowest BCUT2D eigenvalue weighted by Gasteiger charge is -2.21. The fourth-order valence-corrected chi connectivity index (χ4v) is 3.26. The first-order valence-electron chi connectivity index (χ1n) is 7.63. The van der Waals surface area contributed by atoms with E-state index in [4.69, 9.17) is 9.72 Å². The van der Waals surface area contributed by atoms with Gasteiger partial charge in [0.2, 0.25) is 0 Å². The second-order valence-corrected chi connectivity index (χ2v) is 5.79. The molecule has 0 spiro atoms. The molecular formula is C17H19N3O. The maximum Gasteiger partial charge on any atom is 0.136 e. The first-order valence-corrected chi connectivity index (χ1v) is 7.63. The van der Waals surface area contributed by atoms with E-state index in [0.29, 0.717) is 6.61 Å². The molecule has 2 aliphatic heterocycles. The van der Waals surface area contributed by atoms with Crippen LogP contribution >= 0.6 is 0 Å². The lowest BCUT2D eigenvalue weighted by Crippen LogP contribution is -2.22. The van der Waals surface area contributed by atoms with E-state index in [2.05, 4.69) is 22.0 Å². The summed E-state index contributed by atoms with van der Waals surface area (Å²) in [6.07, 6.45) is 3.37. The van der Waals surface area contributed by atoms with Gasteiger partial charge in [-0.25, -0.2) is 9.97 Å². The summed E-state index contributed by atoms with van der Waals surface area (Å²) in [4.78, 5) is 11.8. The van der Waals surface area contributed by atoms with Crippen LogP contribution in [0, 0.1) is 6.92 Å². The number of hydrogen-bond acceptors (Lipinski definition) is 4. The SMILES string of the molecule is Cc1nc2c(c(N3CCCC3)n1)Cc1ccccc1OC2. The Morgan fingerprint density at radius 2 is 1.90 bits per heavy atom. The molecule has 4 heteroatoms. The van der Waals surface area contributed by atoms with E-state index in [9.17, 15) is 0 Å². The van der Waals surface area contributed by atoms with Gasteiger partial charge >= 0.3 is 0 Å². The zero-order valence-electron chi connectivity index (χ0n) is 12.3. The molecule has 108 valence electrons. The van der Waals surface area contributed by atoms with Crippen molar-refractivity contribution in [3.8, 4) is 5.75 Å². The van der Waals surface area contributed by atoms with E-state index >= 15 is 0 Å². The van der Waals surface area contributed by atoms with Gasteiger partial charge in [0.15, 0.2) is 0 Å². The molecule has 1 aromatic heterocycles. The fourth-order valence-electron chi connectivity index (χ4n) is 3.26. The number of fused-ring (bicyclic) bond motifs is 2. The number of benzene rings is 1. The predicted molar refractivity (Wildman–Crippen MR) is 81.8 cm³/mol. The monoisotopic (exact) mass is 281 g/mol. The van der Waals surface area contributed by atoms with Crippen LogP contribution in [0.25, 0.3) is 0 Å². The Morgan fingerprint density at radius 1 is 1.10 bits per heavy atom. The van der Waals surface area contributed by atoms with E-state index < -0.39 is 0 Å². The van der Waals surface area contributed by atoms with Gasteiger partial charge in [0.05, 0.1) is 5.69 Å². The van der Waals surface area contributed by atoms with Crippen molar-refractivity contribution < 1.29 is 4.74 Å². The van der Waals surface area contributed by atoms with Crippen LogP contribution in [-0.4, -0.2) is 23.1 Å². The number of para-hydroxylation sites is 1. The zero-order chi connectivity index (χ0) is 14.2. The molecule has 3 heterocycles. The summed E-state index contributed by atoms with van der Waals surface area (Å²) in [5, 5.41) is 0. The van der Waals surface area contributed by atoms with Crippen LogP contribution in [0.2, 0.25) is 0 Å². The van der Waals surface area contributed by atoms with Crippen molar-refractivity contribution in [3.63, 3.8) is 0 Å². The van der Waals surface area contributed by atoms with Gasteiger partial charge in [-0.1, -0.05) is 18.2 Å². The van der Waals surface area contributed by atoms with Crippen molar-refractivity contribution in [2.24, 2.45) is 0 Å². The number of hydrogen-bond donors (Lipinski definition) is 0. The molecule has 0 unspecified atom stereocenters. The van der Waals surface area contributed by atoms with Crippen LogP contribution in [0.1, 0.15) is 35.5 Å². The summed E-state index contributed by atoms with van der Waals surface area (Å²) in [6.45, 7) is 4.71. The Labute approximate surface area is 124 Å². The van der Waals surface area contributed by atoms with Crippen LogP contribution in [0.5, 0.6) is 5.75 Å². The van der Waals surface area contributed by atoms with Crippen molar-refractivity contribution in [1.29, 1.82) is 0 Å². The van der Waals surface area contributed by atoms with E-state index in [-0.39, 0.29) is 0 Å². The summed E-state index contributed by atoms with van der Waals surface area (Å²) >= 11 is 0. The van der Waals surface area contributed by atoms with Gasteiger partial charge in [0.25, 0.3) is 0 Å². The third-order valence-corrected chi connectivity index (χ3v) is 4.29. The molecule has 0 aliphatic carbocycles. The number of anilines is 1. The Balaban J connectivity index is 1.83. The molecule has 21 heavy (non-hydrogen) atoms. The fraction of sp³-hybridized carbons (Fsp3) is 0.412. The number of nitrogens with zero attached hydrogens (tertiary/aromatic N) is 3. The minimum absolute atomic E-state index is 0.538. The summed E-state index contributed by atoms with van der Waals surface area (Å²) in [6, 6.07) is 8.26. The van der Waals surface area contributed by atoms with Gasteiger partial charge in [0.1, 0.15) is 24.0 Å². The van der Waals surface area contributed by atoms with Crippen molar-refractivity contribution >= 4 is 5.82 Å². The maximum absolute atomic E-state index is 5.94. The molecule has 0 N–H and O–H groups in total.